The minimum Gasteiger partial charge on any atom is -0.366 e. The summed E-state index contributed by atoms with van der Waals surface area (Å²) in [6.45, 7) is 7.58. The Morgan fingerprint density at radius 3 is 2.60 bits per heavy atom. The van der Waals surface area contributed by atoms with Gasteiger partial charge in [-0.2, -0.15) is 0 Å². The normalized spacial score (nSPS) is 19.2. The van der Waals surface area contributed by atoms with Gasteiger partial charge < -0.3 is 16.4 Å². The molecule has 1 aliphatic rings. The molecule has 3 rings (SSSR count). The number of hydrogen-bond acceptors (Lipinski definition) is 3. The molecule has 0 aliphatic carbocycles. The number of amides is 1. The van der Waals surface area contributed by atoms with Crippen LogP contribution >= 0.6 is 24.0 Å². The van der Waals surface area contributed by atoms with Crippen molar-refractivity contribution in [2.75, 3.05) is 13.1 Å². The van der Waals surface area contributed by atoms with E-state index in [1.165, 1.54) is 5.56 Å². The topological polar surface area (TPSA) is 82.7 Å². The van der Waals surface area contributed by atoms with Crippen LogP contribution in [0, 0.1) is 0 Å². The summed E-state index contributed by atoms with van der Waals surface area (Å²) in [5.74, 6) is 0.384. The molecule has 6 nitrogen and oxygen atoms in total. The second kappa shape index (κ2) is 11.9. The molecule has 1 fully saturated rings. The molecule has 1 saturated heterocycles. The Labute approximate surface area is 196 Å². The average Bonchev–Trinajstić information content (AvgIpc) is 3.06. The summed E-state index contributed by atoms with van der Waals surface area (Å²) in [6, 6.07) is 18.8. The van der Waals surface area contributed by atoms with Crippen molar-refractivity contribution in [3.63, 3.8) is 0 Å². The molecule has 1 heterocycles. The lowest BCUT2D eigenvalue weighted by molar-refractivity contribution is 0.1000. The maximum atomic E-state index is 11.4. The van der Waals surface area contributed by atoms with Gasteiger partial charge in [0.2, 0.25) is 5.91 Å². The Bertz CT molecular complexity index is 842. The number of rotatable bonds is 7. The lowest BCUT2D eigenvalue weighted by Gasteiger charge is -2.21. The van der Waals surface area contributed by atoms with Gasteiger partial charge in [0.1, 0.15) is 0 Å². The number of nitrogens with zero attached hydrogens (tertiary/aromatic N) is 2. The molecule has 2 aromatic rings. The Hall–Kier alpha value is -2.13. The van der Waals surface area contributed by atoms with Crippen LogP contribution in [0.5, 0.6) is 0 Å². The Kier molecular flexibility index (Phi) is 9.58. The standard InChI is InChI=1S/C23H31N5O.HI/c1-3-25-23(26-14-19-10-7-11-20(13-19)22(24)29)27-21-12-17(2)28(16-21)15-18-8-5-4-6-9-18;/h4-11,13,17,21H,3,12,14-16H2,1-2H3,(H2,24,29)(H2,25,26,27);1H. The second-order valence-corrected chi connectivity index (χ2v) is 7.60. The van der Waals surface area contributed by atoms with Crippen LogP contribution in [0.15, 0.2) is 59.6 Å². The van der Waals surface area contributed by atoms with Crippen molar-refractivity contribution >= 4 is 35.8 Å². The smallest absolute Gasteiger partial charge is 0.248 e. The Morgan fingerprint density at radius 2 is 1.90 bits per heavy atom. The van der Waals surface area contributed by atoms with E-state index in [-0.39, 0.29) is 24.0 Å². The summed E-state index contributed by atoms with van der Waals surface area (Å²) in [5, 5.41) is 6.90. The first-order chi connectivity index (χ1) is 14.0. The molecule has 1 amide bonds. The highest BCUT2D eigenvalue weighted by Gasteiger charge is 2.29. The first-order valence-electron chi connectivity index (χ1n) is 10.3. The summed E-state index contributed by atoms with van der Waals surface area (Å²) >= 11 is 0. The molecule has 2 aromatic carbocycles. The van der Waals surface area contributed by atoms with Crippen LogP contribution < -0.4 is 16.4 Å². The monoisotopic (exact) mass is 521 g/mol. The third-order valence-corrected chi connectivity index (χ3v) is 5.25. The lowest BCUT2D eigenvalue weighted by Crippen LogP contribution is -2.44. The fraction of sp³-hybridized carbons (Fsp3) is 0.391. The summed E-state index contributed by atoms with van der Waals surface area (Å²) in [7, 11) is 0. The van der Waals surface area contributed by atoms with Gasteiger partial charge in [0.25, 0.3) is 0 Å². The van der Waals surface area contributed by atoms with Crippen molar-refractivity contribution in [1.82, 2.24) is 15.5 Å². The van der Waals surface area contributed by atoms with Crippen LogP contribution in [-0.2, 0) is 13.1 Å². The fourth-order valence-electron chi connectivity index (χ4n) is 3.75. The molecule has 0 radical (unpaired) electrons. The predicted octanol–water partition coefficient (Wildman–Crippen LogP) is 3.12. The van der Waals surface area contributed by atoms with Crippen LogP contribution in [0.4, 0.5) is 0 Å². The van der Waals surface area contributed by atoms with Gasteiger partial charge in [-0.15, -0.1) is 24.0 Å². The molecule has 0 spiro atoms. The third-order valence-electron chi connectivity index (χ3n) is 5.25. The van der Waals surface area contributed by atoms with Crippen LogP contribution in [-0.4, -0.2) is 41.9 Å². The zero-order chi connectivity index (χ0) is 20.6. The van der Waals surface area contributed by atoms with E-state index < -0.39 is 5.91 Å². The van der Waals surface area contributed by atoms with Crippen LogP contribution in [0.1, 0.15) is 41.8 Å². The number of likely N-dealkylation sites (tertiary alicyclic amines) is 1. The van der Waals surface area contributed by atoms with E-state index in [0.29, 0.717) is 24.2 Å². The van der Waals surface area contributed by atoms with E-state index in [9.17, 15) is 4.79 Å². The van der Waals surface area contributed by atoms with Gasteiger partial charge >= 0.3 is 0 Å². The van der Waals surface area contributed by atoms with Gasteiger partial charge in [0, 0.05) is 37.3 Å². The molecule has 4 N–H and O–H groups in total. The second-order valence-electron chi connectivity index (χ2n) is 7.60. The van der Waals surface area contributed by atoms with Crippen LogP contribution in [0.3, 0.4) is 0 Å². The van der Waals surface area contributed by atoms with Crippen molar-refractivity contribution in [3.05, 3.63) is 71.3 Å². The van der Waals surface area contributed by atoms with Gasteiger partial charge in [-0.25, -0.2) is 4.99 Å². The Balaban J connectivity index is 0.00000320. The van der Waals surface area contributed by atoms with E-state index in [4.69, 9.17) is 10.7 Å². The maximum absolute atomic E-state index is 11.4. The lowest BCUT2D eigenvalue weighted by atomic mass is 10.1. The van der Waals surface area contributed by atoms with E-state index >= 15 is 0 Å². The van der Waals surface area contributed by atoms with Gasteiger partial charge in [0.15, 0.2) is 5.96 Å². The molecule has 1 aliphatic heterocycles. The van der Waals surface area contributed by atoms with Crippen molar-refractivity contribution in [2.45, 2.75) is 45.4 Å². The quantitative estimate of drug-likeness (QED) is 0.297. The van der Waals surface area contributed by atoms with Crippen molar-refractivity contribution in [1.29, 1.82) is 0 Å². The number of hydrogen-bond donors (Lipinski definition) is 3. The molecule has 7 heteroatoms. The zero-order valence-corrected chi connectivity index (χ0v) is 20.0. The molecule has 30 heavy (non-hydrogen) atoms. The maximum Gasteiger partial charge on any atom is 0.248 e. The molecule has 162 valence electrons. The number of nitrogens with one attached hydrogen (secondary N) is 2. The van der Waals surface area contributed by atoms with Gasteiger partial charge in [-0.3, -0.25) is 9.69 Å². The highest BCUT2D eigenvalue weighted by atomic mass is 127. The van der Waals surface area contributed by atoms with E-state index in [1.807, 2.05) is 12.1 Å². The van der Waals surface area contributed by atoms with E-state index in [2.05, 4.69) is 59.7 Å². The SMILES string of the molecule is CCNC(=NCc1cccc(C(N)=O)c1)NC1CC(C)N(Cc2ccccc2)C1.I. The largest absolute Gasteiger partial charge is 0.366 e. The molecular weight excluding hydrogens is 489 g/mol. The number of carbonyl (C=O) groups excluding carboxylic acids is 1. The number of primary amides is 1. The molecule has 2 unspecified atom stereocenters. The number of aliphatic imine (C=N–C) groups is 1. The molecule has 0 bridgehead atoms. The number of carbonyl (C=O) groups is 1. The fourth-order valence-corrected chi connectivity index (χ4v) is 3.75. The first-order valence-corrected chi connectivity index (χ1v) is 10.3. The average molecular weight is 521 g/mol. The molecule has 2 atom stereocenters. The number of benzene rings is 2. The molecule has 0 aromatic heterocycles. The molecule has 0 saturated carbocycles. The first kappa shape index (κ1) is 24.1. The highest BCUT2D eigenvalue weighted by Crippen LogP contribution is 2.20. The summed E-state index contributed by atoms with van der Waals surface area (Å²) in [4.78, 5) is 18.6. The van der Waals surface area contributed by atoms with Crippen molar-refractivity contribution < 1.29 is 4.79 Å². The summed E-state index contributed by atoms with van der Waals surface area (Å²) in [6.07, 6.45) is 1.08. The van der Waals surface area contributed by atoms with Gasteiger partial charge in [0.05, 0.1) is 6.54 Å². The van der Waals surface area contributed by atoms with E-state index in [0.717, 1.165) is 37.6 Å². The van der Waals surface area contributed by atoms with Crippen molar-refractivity contribution in [3.8, 4) is 0 Å². The van der Waals surface area contributed by atoms with E-state index in [1.54, 1.807) is 12.1 Å². The predicted molar refractivity (Wildman–Crippen MR) is 133 cm³/mol. The minimum atomic E-state index is -0.417. The highest BCUT2D eigenvalue weighted by molar-refractivity contribution is 14.0. The van der Waals surface area contributed by atoms with Crippen LogP contribution in [0.2, 0.25) is 0 Å². The zero-order valence-electron chi connectivity index (χ0n) is 17.7. The minimum absolute atomic E-state index is 0. The van der Waals surface area contributed by atoms with Crippen LogP contribution in [0.25, 0.3) is 0 Å². The summed E-state index contributed by atoms with van der Waals surface area (Å²) in [5.41, 5.74) is 8.19. The third kappa shape index (κ3) is 6.98. The van der Waals surface area contributed by atoms with Gasteiger partial charge in [-0.05, 0) is 43.5 Å². The number of nitrogens with two attached hydrogens (primary N) is 1. The van der Waals surface area contributed by atoms with Gasteiger partial charge in [-0.1, -0.05) is 42.5 Å². The number of halogens is 1. The van der Waals surface area contributed by atoms with Crippen molar-refractivity contribution in [2.24, 2.45) is 10.7 Å². The number of guanidine groups is 1. The summed E-state index contributed by atoms with van der Waals surface area (Å²) < 4.78 is 0. The Morgan fingerprint density at radius 1 is 1.17 bits per heavy atom. The molecular formula is C23H32IN5O.